The van der Waals surface area contributed by atoms with Crippen LogP contribution in [0.15, 0.2) is 0 Å². The summed E-state index contributed by atoms with van der Waals surface area (Å²) in [6, 6.07) is 0. The molecule has 0 spiro atoms. The Morgan fingerprint density at radius 1 is 1.15 bits per heavy atom. The molecule has 0 aromatic heterocycles. The van der Waals surface area contributed by atoms with Gasteiger partial charge in [-0.15, -0.1) is 0 Å². The van der Waals surface area contributed by atoms with Gasteiger partial charge in [0, 0.05) is 39.3 Å². The molecule has 1 aliphatic rings. The van der Waals surface area contributed by atoms with Crippen molar-refractivity contribution in [2.45, 2.75) is 0 Å². The molecule has 8 heteroatoms. The fraction of sp³-hybridized carbons (Fsp3) is 0.833. The fourth-order valence-electron chi connectivity index (χ4n) is 1.93. The Hall–Kier alpha value is -1.22. The molecule has 1 rings (SSSR count). The van der Waals surface area contributed by atoms with Crippen molar-refractivity contribution < 1.29 is 24.5 Å². The second-order valence-corrected chi connectivity index (χ2v) is 4.45. The predicted octanol–water partition coefficient (Wildman–Crippen LogP) is -2.75. The van der Waals surface area contributed by atoms with Crippen LogP contribution in [0, 0.1) is 0 Å². The number of carbonyl (C=O) groups is 2. The van der Waals surface area contributed by atoms with Gasteiger partial charge in [-0.3, -0.25) is 14.5 Å². The second-order valence-electron chi connectivity index (χ2n) is 4.45. The number of aliphatic hydroxyl groups is 2. The van der Waals surface area contributed by atoms with Crippen LogP contribution >= 0.6 is 0 Å². The predicted molar refractivity (Wildman–Crippen MR) is 71.0 cm³/mol. The van der Waals surface area contributed by atoms with E-state index in [-0.39, 0.29) is 26.3 Å². The first-order valence-corrected chi connectivity index (χ1v) is 6.78. The summed E-state index contributed by atoms with van der Waals surface area (Å²) in [6.45, 7) is 3.67. The minimum atomic E-state index is -0.727. The van der Waals surface area contributed by atoms with Gasteiger partial charge in [0.25, 0.3) is 0 Å². The number of hydrogen-bond donors (Lipinski definition) is 3. The molecule has 1 aliphatic heterocycles. The van der Waals surface area contributed by atoms with Gasteiger partial charge < -0.3 is 25.2 Å². The van der Waals surface area contributed by atoms with Crippen molar-refractivity contribution in [1.82, 2.24) is 15.1 Å². The number of ether oxygens (including phenoxy) is 1. The lowest BCUT2D eigenvalue weighted by molar-refractivity contribution is -0.146. The summed E-state index contributed by atoms with van der Waals surface area (Å²) < 4.78 is 5.21. The van der Waals surface area contributed by atoms with E-state index in [1.807, 2.05) is 0 Å². The van der Waals surface area contributed by atoms with Gasteiger partial charge in [0.05, 0.1) is 26.4 Å². The molecule has 3 N–H and O–H groups in total. The van der Waals surface area contributed by atoms with Gasteiger partial charge in [-0.2, -0.15) is 0 Å². The largest absolute Gasteiger partial charge is 0.395 e. The molecule has 0 unspecified atom stereocenters. The van der Waals surface area contributed by atoms with Gasteiger partial charge in [0.2, 0.25) is 0 Å². The van der Waals surface area contributed by atoms with Crippen molar-refractivity contribution in [2.24, 2.45) is 0 Å². The van der Waals surface area contributed by atoms with Crippen LogP contribution in [0.1, 0.15) is 0 Å². The van der Waals surface area contributed by atoms with Crippen molar-refractivity contribution in [3.63, 3.8) is 0 Å². The summed E-state index contributed by atoms with van der Waals surface area (Å²) in [7, 11) is 0. The van der Waals surface area contributed by atoms with Crippen molar-refractivity contribution >= 4 is 11.8 Å². The van der Waals surface area contributed by atoms with Crippen LogP contribution in [0.5, 0.6) is 0 Å². The van der Waals surface area contributed by atoms with Crippen molar-refractivity contribution in [2.75, 3.05) is 65.7 Å². The number of nitrogens with one attached hydrogen (secondary N) is 1. The van der Waals surface area contributed by atoms with E-state index in [0.717, 1.165) is 18.0 Å². The number of aliphatic hydroxyl groups excluding tert-OH is 2. The third-order valence-corrected chi connectivity index (χ3v) is 3.04. The van der Waals surface area contributed by atoms with Crippen molar-refractivity contribution in [1.29, 1.82) is 0 Å². The minimum absolute atomic E-state index is 0.0380. The molecule has 0 saturated carbocycles. The molecule has 0 aromatic carbocycles. The normalized spacial score (nSPS) is 15.9. The molecule has 116 valence electrons. The number of amides is 2. The molecule has 2 amide bonds. The van der Waals surface area contributed by atoms with Crippen LogP contribution in [0.4, 0.5) is 0 Å². The number of morpholine rings is 1. The zero-order chi connectivity index (χ0) is 14.8. The maximum atomic E-state index is 11.8. The van der Waals surface area contributed by atoms with Crippen LogP contribution in [-0.2, 0) is 14.3 Å². The first-order valence-electron chi connectivity index (χ1n) is 6.78. The topological polar surface area (TPSA) is 102 Å². The smallest absolute Gasteiger partial charge is 0.312 e. The van der Waals surface area contributed by atoms with E-state index >= 15 is 0 Å². The molecule has 0 radical (unpaired) electrons. The number of rotatable bonds is 7. The highest BCUT2D eigenvalue weighted by atomic mass is 16.5. The average molecular weight is 289 g/mol. The molecule has 0 aliphatic carbocycles. The Balaban J connectivity index is 2.27. The Labute approximate surface area is 118 Å². The third kappa shape index (κ3) is 5.83. The van der Waals surface area contributed by atoms with E-state index in [2.05, 4.69) is 10.2 Å². The van der Waals surface area contributed by atoms with Crippen molar-refractivity contribution in [3.05, 3.63) is 0 Å². The molecule has 20 heavy (non-hydrogen) atoms. The SMILES string of the molecule is O=C(NCCN1CCOCC1)C(=O)N(CCO)CCO. The Kier molecular flexibility index (Phi) is 8.12. The lowest BCUT2D eigenvalue weighted by atomic mass is 10.4. The maximum absolute atomic E-state index is 11.8. The molecule has 0 aromatic rings. The maximum Gasteiger partial charge on any atom is 0.312 e. The van der Waals surface area contributed by atoms with Gasteiger partial charge in [-0.25, -0.2) is 0 Å². The van der Waals surface area contributed by atoms with Gasteiger partial charge in [0.1, 0.15) is 0 Å². The van der Waals surface area contributed by atoms with Crippen LogP contribution in [-0.4, -0.2) is 97.5 Å². The van der Waals surface area contributed by atoms with E-state index in [1.54, 1.807) is 0 Å². The van der Waals surface area contributed by atoms with E-state index < -0.39 is 11.8 Å². The Morgan fingerprint density at radius 3 is 2.30 bits per heavy atom. The van der Waals surface area contributed by atoms with Gasteiger partial charge in [0.15, 0.2) is 0 Å². The van der Waals surface area contributed by atoms with Crippen LogP contribution in [0.3, 0.4) is 0 Å². The summed E-state index contributed by atoms with van der Waals surface area (Å²) in [5, 5.41) is 20.2. The van der Waals surface area contributed by atoms with Gasteiger partial charge in [-0.05, 0) is 0 Å². The van der Waals surface area contributed by atoms with E-state index in [0.29, 0.717) is 26.3 Å². The van der Waals surface area contributed by atoms with Crippen molar-refractivity contribution in [3.8, 4) is 0 Å². The van der Waals surface area contributed by atoms with E-state index in [1.165, 1.54) is 0 Å². The van der Waals surface area contributed by atoms with Crippen LogP contribution < -0.4 is 5.32 Å². The lowest BCUT2D eigenvalue weighted by Crippen LogP contribution is -2.47. The second kappa shape index (κ2) is 9.65. The standard InChI is InChI=1S/C12H23N3O5/c16-7-3-15(4-8-17)12(19)11(18)13-1-2-14-5-9-20-10-6-14/h16-17H,1-10H2,(H,13,18). The summed E-state index contributed by atoms with van der Waals surface area (Å²) in [6.07, 6.45) is 0. The highest BCUT2D eigenvalue weighted by Gasteiger charge is 2.20. The monoisotopic (exact) mass is 289 g/mol. The molecule has 1 saturated heterocycles. The highest BCUT2D eigenvalue weighted by Crippen LogP contribution is 1.95. The summed E-state index contributed by atoms with van der Waals surface area (Å²) in [5.74, 6) is -1.43. The number of carbonyl (C=O) groups excluding carboxylic acids is 2. The molecule has 8 nitrogen and oxygen atoms in total. The quantitative estimate of drug-likeness (QED) is 0.439. The third-order valence-electron chi connectivity index (χ3n) is 3.04. The zero-order valence-electron chi connectivity index (χ0n) is 11.6. The van der Waals surface area contributed by atoms with Crippen LogP contribution in [0.2, 0.25) is 0 Å². The molecule has 0 bridgehead atoms. The summed E-state index contributed by atoms with van der Waals surface area (Å²) >= 11 is 0. The summed E-state index contributed by atoms with van der Waals surface area (Å²) in [4.78, 5) is 26.7. The van der Waals surface area contributed by atoms with E-state index in [4.69, 9.17) is 14.9 Å². The lowest BCUT2D eigenvalue weighted by Gasteiger charge is -2.26. The van der Waals surface area contributed by atoms with Gasteiger partial charge in [-0.1, -0.05) is 0 Å². The fourth-order valence-corrected chi connectivity index (χ4v) is 1.93. The Bertz CT molecular complexity index is 301. The number of nitrogens with zero attached hydrogens (tertiary/aromatic N) is 2. The Morgan fingerprint density at radius 2 is 1.75 bits per heavy atom. The molecule has 0 atom stereocenters. The summed E-state index contributed by atoms with van der Waals surface area (Å²) in [5.41, 5.74) is 0. The zero-order valence-corrected chi connectivity index (χ0v) is 11.6. The first kappa shape index (κ1) is 16.8. The highest BCUT2D eigenvalue weighted by molar-refractivity contribution is 6.35. The molecule has 1 fully saturated rings. The van der Waals surface area contributed by atoms with E-state index in [9.17, 15) is 9.59 Å². The van der Waals surface area contributed by atoms with Crippen LogP contribution in [0.25, 0.3) is 0 Å². The first-order chi connectivity index (χ1) is 9.69. The molecule has 1 heterocycles. The number of hydrogen-bond acceptors (Lipinski definition) is 6. The average Bonchev–Trinajstić information content (AvgIpc) is 2.47. The molecular formula is C12H23N3O5. The minimum Gasteiger partial charge on any atom is -0.395 e. The molecular weight excluding hydrogens is 266 g/mol. The van der Waals surface area contributed by atoms with Gasteiger partial charge >= 0.3 is 11.8 Å².